The molecule has 1 amide bonds. The number of carbonyl (C=O) groups is 1. The van der Waals surface area contributed by atoms with Crippen LogP contribution in [-0.2, 0) is 6.42 Å². The van der Waals surface area contributed by atoms with E-state index in [1.807, 2.05) is 71.6 Å². The maximum Gasteiger partial charge on any atom is 0.297 e. The summed E-state index contributed by atoms with van der Waals surface area (Å²) in [6, 6.07) is 25.9. The Morgan fingerprint density at radius 1 is 0.933 bits per heavy atom. The van der Waals surface area contributed by atoms with Crippen molar-refractivity contribution in [3.05, 3.63) is 95.8 Å². The summed E-state index contributed by atoms with van der Waals surface area (Å²) in [5.74, 6) is 0.712. The van der Waals surface area contributed by atoms with E-state index in [4.69, 9.17) is 0 Å². The molecule has 148 valence electrons. The second-order valence-corrected chi connectivity index (χ2v) is 7.56. The van der Waals surface area contributed by atoms with Crippen LogP contribution in [0, 0.1) is 6.92 Å². The van der Waals surface area contributed by atoms with Crippen molar-refractivity contribution in [3.63, 3.8) is 0 Å². The van der Waals surface area contributed by atoms with Gasteiger partial charge in [-0.05, 0) is 43.5 Å². The van der Waals surface area contributed by atoms with Crippen molar-refractivity contribution in [2.45, 2.75) is 19.8 Å². The van der Waals surface area contributed by atoms with Gasteiger partial charge in [0.2, 0.25) is 5.82 Å². The molecule has 5 heteroatoms. The number of anilines is 1. The van der Waals surface area contributed by atoms with Crippen molar-refractivity contribution in [1.82, 2.24) is 14.8 Å². The number of nitrogens with zero attached hydrogens (tertiary/aromatic N) is 4. The van der Waals surface area contributed by atoms with Crippen LogP contribution in [0.2, 0.25) is 0 Å². The molecule has 0 fully saturated rings. The van der Waals surface area contributed by atoms with Gasteiger partial charge in [-0.3, -0.25) is 4.79 Å². The number of aryl methyl sites for hydroxylation is 2. The first kappa shape index (κ1) is 18.3. The largest absolute Gasteiger partial charge is 0.305 e. The van der Waals surface area contributed by atoms with Crippen LogP contribution in [-0.4, -0.2) is 27.2 Å². The van der Waals surface area contributed by atoms with Gasteiger partial charge in [0.15, 0.2) is 5.82 Å². The van der Waals surface area contributed by atoms with Gasteiger partial charge in [0, 0.05) is 17.8 Å². The first-order valence-electron chi connectivity index (χ1n) is 10.2. The number of rotatable bonds is 3. The lowest BCUT2D eigenvalue weighted by Crippen LogP contribution is -2.36. The molecule has 2 heterocycles. The maximum atomic E-state index is 13.5. The molecule has 5 nitrogen and oxygen atoms in total. The molecule has 0 radical (unpaired) electrons. The minimum absolute atomic E-state index is 0.160. The average molecular weight is 394 g/mol. The Morgan fingerprint density at radius 2 is 1.67 bits per heavy atom. The van der Waals surface area contributed by atoms with Crippen molar-refractivity contribution < 1.29 is 4.79 Å². The van der Waals surface area contributed by atoms with E-state index in [9.17, 15) is 4.79 Å². The average Bonchev–Trinajstić information content (AvgIpc) is 3.25. The standard InChI is InChI=1S/C25H22N4O/c1-18-14-15-22-20(17-18)11-8-16-28(22)25(30)23-26-24(19-9-4-2-5-10-19)29(27-23)21-12-6-3-7-13-21/h2-7,9-10,12-15,17H,8,11,16H2,1H3. The summed E-state index contributed by atoms with van der Waals surface area (Å²) in [5, 5.41) is 4.64. The maximum absolute atomic E-state index is 13.5. The molecule has 1 aliphatic heterocycles. The number of benzene rings is 3. The van der Waals surface area contributed by atoms with Gasteiger partial charge >= 0.3 is 0 Å². The van der Waals surface area contributed by atoms with E-state index in [1.54, 1.807) is 4.68 Å². The van der Waals surface area contributed by atoms with E-state index < -0.39 is 0 Å². The highest BCUT2D eigenvalue weighted by Crippen LogP contribution is 2.29. The molecule has 0 spiro atoms. The van der Waals surface area contributed by atoms with Crippen molar-refractivity contribution in [3.8, 4) is 17.1 Å². The van der Waals surface area contributed by atoms with Gasteiger partial charge in [0.05, 0.1) is 5.69 Å². The fraction of sp³-hybridized carbons (Fsp3) is 0.160. The molecule has 0 bridgehead atoms. The normalized spacial score (nSPS) is 13.2. The van der Waals surface area contributed by atoms with E-state index in [-0.39, 0.29) is 11.7 Å². The number of fused-ring (bicyclic) bond motifs is 1. The van der Waals surface area contributed by atoms with Crippen LogP contribution >= 0.6 is 0 Å². The van der Waals surface area contributed by atoms with E-state index in [0.29, 0.717) is 12.4 Å². The minimum Gasteiger partial charge on any atom is -0.305 e. The SMILES string of the molecule is Cc1ccc2c(c1)CCCN2C(=O)c1nc(-c2ccccc2)n(-c2ccccc2)n1. The first-order chi connectivity index (χ1) is 14.7. The van der Waals surface area contributed by atoms with Crippen molar-refractivity contribution in [2.75, 3.05) is 11.4 Å². The van der Waals surface area contributed by atoms with Gasteiger partial charge in [0.25, 0.3) is 5.91 Å². The number of carbonyl (C=O) groups excluding carboxylic acids is 1. The van der Waals surface area contributed by atoms with E-state index in [1.165, 1.54) is 11.1 Å². The second-order valence-electron chi connectivity index (χ2n) is 7.56. The quantitative estimate of drug-likeness (QED) is 0.500. The van der Waals surface area contributed by atoms with Crippen LogP contribution in [0.3, 0.4) is 0 Å². The Balaban J connectivity index is 1.59. The molecule has 1 aliphatic rings. The summed E-state index contributed by atoms with van der Waals surface area (Å²) in [7, 11) is 0. The van der Waals surface area contributed by atoms with Gasteiger partial charge in [-0.25, -0.2) is 9.67 Å². The van der Waals surface area contributed by atoms with Crippen molar-refractivity contribution in [1.29, 1.82) is 0 Å². The number of amides is 1. The van der Waals surface area contributed by atoms with Crippen LogP contribution in [0.1, 0.15) is 28.2 Å². The highest BCUT2D eigenvalue weighted by Gasteiger charge is 2.28. The van der Waals surface area contributed by atoms with E-state index in [0.717, 1.165) is 29.8 Å². The van der Waals surface area contributed by atoms with Crippen molar-refractivity contribution in [2.24, 2.45) is 0 Å². The summed E-state index contributed by atoms with van der Waals surface area (Å²) >= 11 is 0. The number of hydrogen-bond acceptors (Lipinski definition) is 3. The van der Waals surface area contributed by atoms with Crippen LogP contribution in [0.4, 0.5) is 5.69 Å². The Morgan fingerprint density at radius 3 is 2.43 bits per heavy atom. The summed E-state index contributed by atoms with van der Waals surface area (Å²) in [6.45, 7) is 2.76. The van der Waals surface area contributed by atoms with Crippen LogP contribution in [0.15, 0.2) is 78.9 Å². The zero-order chi connectivity index (χ0) is 20.5. The fourth-order valence-electron chi connectivity index (χ4n) is 3.98. The first-order valence-corrected chi connectivity index (χ1v) is 10.2. The smallest absolute Gasteiger partial charge is 0.297 e. The summed E-state index contributed by atoms with van der Waals surface area (Å²) < 4.78 is 1.75. The predicted octanol–water partition coefficient (Wildman–Crippen LogP) is 4.84. The zero-order valence-corrected chi connectivity index (χ0v) is 16.8. The summed E-state index contributed by atoms with van der Waals surface area (Å²) in [6.07, 6.45) is 1.93. The molecule has 0 atom stereocenters. The minimum atomic E-state index is -0.160. The lowest BCUT2D eigenvalue weighted by atomic mass is 9.99. The molecular formula is C25H22N4O. The molecule has 4 aromatic rings. The number of aromatic nitrogens is 3. The molecule has 0 saturated heterocycles. The van der Waals surface area contributed by atoms with E-state index >= 15 is 0 Å². The predicted molar refractivity (Wildman–Crippen MR) is 118 cm³/mol. The molecule has 1 aromatic heterocycles. The Labute approximate surface area is 175 Å². The third-order valence-corrected chi connectivity index (χ3v) is 5.43. The van der Waals surface area contributed by atoms with Crippen LogP contribution < -0.4 is 4.90 Å². The van der Waals surface area contributed by atoms with Crippen LogP contribution in [0.25, 0.3) is 17.1 Å². The van der Waals surface area contributed by atoms with E-state index in [2.05, 4.69) is 29.1 Å². The lowest BCUT2D eigenvalue weighted by molar-refractivity contribution is 0.0975. The third kappa shape index (κ3) is 3.28. The summed E-state index contributed by atoms with van der Waals surface area (Å²) in [4.78, 5) is 20.0. The highest BCUT2D eigenvalue weighted by atomic mass is 16.2. The number of hydrogen-bond donors (Lipinski definition) is 0. The zero-order valence-electron chi connectivity index (χ0n) is 16.8. The Bertz CT molecular complexity index is 1140. The van der Waals surface area contributed by atoms with Crippen molar-refractivity contribution >= 4 is 11.6 Å². The fourth-order valence-corrected chi connectivity index (χ4v) is 3.98. The highest BCUT2D eigenvalue weighted by molar-refractivity contribution is 6.04. The van der Waals surface area contributed by atoms with Gasteiger partial charge in [-0.2, -0.15) is 0 Å². The van der Waals surface area contributed by atoms with Gasteiger partial charge in [0.1, 0.15) is 0 Å². The Hall–Kier alpha value is -3.73. The molecule has 5 rings (SSSR count). The molecule has 0 unspecified atom stereocenters. The molecule has 0 N–H and O–H groups in total. The lowest BCUT2D eigenvalue weighted by Gasteiger charge is -2.28. The van der Waals surface area contributed by atoms with Crippen LogP contribution in [0.5, 0.6) is 0 Å². The number of para-hydroxylation sites is 1. The molecule has 0 aliphatic carbocycles. The third-order valence-electron chi connectivity index (χ3n) is 5.43. The van der Waals surface area contributed by atoms with Gasteiger partial charge in [-0.15, -0.1) is 5.10 Å². The molecule has 3 aromatic carbocycles. The molecular weight excluding hydrogens is 372 g/mol. The Kier molecular flexibility index (Phi) is 4.64. The molecule has 0 saturated carbocycles. The van der Waals surface area contributed by atoms with Gasteiger partial charge < -0.3 is 4.90 Å². The molecule has 30 heavy (non-hydrogen) atoms. The monoisotopic (exact) mass is 394 g/mol. The summed E-state index contributed by atoms with van der Waals surface area (Å²) in [5.41, 5.74) is 5.18. The topological polar surface area (TPSA) is 51.0 Å². The van der Waals surface area contributed by atoms with Gasteiger partial charge in [-0.1, -0.05) is 66.2 Å². The second kappa shape index (κ2) is 7.59.